The van der Waals surface area contributed by atoms with Crippen LogP contribution in [-0.2, 0) is 16.0 Å². The molecule has 0 saturated carbocycles. The lowest BCUT2D eigenvalue weighted by atomic mass is 10.1. The van der Waals surface area contributed by atoms with Gasteiger partial charge in [-0.15, -0.1) is 0 Å². The van der Waals surface area contributed by atoms with Crippen LogP contribution in [0.4, 0.5) is 10.1 Å². The molecular formula is C22H20FNO4. The zero-order chi connectivity index (χ0) is 20.1. The zero-order valence-electron chi connectivity index (χ0n) is 15.6. The van der Waals surface area contributed by atoms with E-state index in [1.54, 1.807) is 55.5 Å². The number of aryl methyl sites for hydroxylation is 2. The van der Waals surface area contributed by atoms with Gasteiger partial charge in [0, 0.05) is 18.5 Å². The summed E-state index contributed by atoms with van der Waals surface area (Å²) >= 11 is 0. The van der Waals surface area contributed by atoms with Gasteiger partial charge >= 0.3 is 5.97 Å². The van der Waals surface area contributed by atoms with Gasteiger partial charge in [0.15, 0.2) is 0 Å². The number of halogens is 1. The lowest BCUT2D eigenvalue weighted by Gasteiger charge is -2.09. The van der Waals surface area contributed by atoms with Gasteiger partial charge in [0.2, 0.25) is 5.91 Å². The van der Waals surface area contributed by atoms with E-state index in [0.29, 0.717) is 34.8 Å². The van der Waals surface area contributed by atoms with Crippen molar-refractivity contribution in [3.05, 3.63) is 77.3 Å². The minimum absolute atomic E-state index is 0.183. The van der Waals surface area contributed by atoms with E-state index >= 15 is 0 Å². The van der Waals surface area contributed by atoms with Crippen LogP contribution in [0.5, 0.6) is 0 Å². The van der Waals surface area contributed by atoms with E-state index in [1.165, 1.54) is 13.2 Å². The van der Waals surface area contributed by atoms with Crippen molar-refractivity contribution in [2.45, 2.75) is 19.8 Å². The number of methoxy groups -OCH3 is 1. The maximum absolute atomic E-state index is 13.8. The first-order chi connectivity index (χ1) is 13.5. The van der Waals surface area contributed by atoms with Gasteiger partial charge in [0.1, 0.15) is 17.3 Å². The largest absolute Gasteiger partial charge is 0.465 e. The number of ether oxygens (including phenoxy) is 1. The van der Waals surface area contributed by atoms with Crippen LogP contribution >= 0.6 is 0 Å². The lowest BCUT2D eigenvalue weighted by molar-refractivity contribution is -0.116. The van der Waals surface area contributed by atoms with Crippen molar-refractivity contribution in [1.82, 2.24) is 0 Å². The topological polar surface area (TPSA) is 68.5 Å². The van der Waals surface area contributed by atoms with Crippen molar-refractivity contribution in [1.29, 1.82) is 0 Å². The minimum Gasteiger partial charge on any atom is -0.465 e. The molecule has 0 aliphatic rings. The van der Waals surface area contributed by atoms with E-state index in [2.05, 4.69) is 10.1 Å². The SMILES string of the molecule is COC(=O)c1ccc(NC(=O)CCc2ccc(-c3ccccc3F)o2)c(C)c1. The van der Waals surface area contributed by atoms with Crippen LogP contribution in [0.25, 0.3) is 11.3 Å². The van der Waals surface area contributed by atoms with E-state index in [0.717, 1.165) is 5.56 Å². The van der Waals surface area contributed by atoms with Crippen molar-refractivity contribution >= 4 is 17.6 Å². The van der Waals surface area contributed by atoms with Crippen molar-refractivity contribution in [2.24, 2.45) is 0 Å². The highest BCUT2D eigenvalue weighted by Crippen LogP contribution is 2.25. The van der Waals surface area contributed by atoms with Crippen molar-refractivity contribution in [3.63, 3.8) is 0 Å². The van der Waals surface area contributed by atoms with Gasteiger partial charge in [-0.2, -0.15) is 0 Å². The van der Waals surface area contributed by atoms with Gasteiger partial charge in [0.05, 0.1) is 18.2 Å². The average molecular weight is 381 g/mol. The predicted molar refractivity (Wildman–Crippen MR) is 104 cm³/mol. The summed E-state index contributed by atoms with van der Waals surface area (Å²) in [5.41, 5.74) is 2.20. The number of amides is 1. The molecule has 1 heterocycles. The molecule has 1 amide bonds. The van der Waals surface area contributed by atoms with Crippen molar-refractivity contribution < 1.29 is 23.1 Å². The maximum atomic E-state index is 13.8. The number of carbonyl (C=O) groups is 2. The Hall–Kier alpha value is -3.41. The van der Waals surface area contributed by atoms with Crippen molar-refractivity contribution in [2.75, 3.05) is 12.4 Å². The second kappa shape index (κ2) is 8.52. The van der Waals surface area contributed by atoms with Crippen LogP contribution < -0.4 is 5.32 Å². The molecule has 1 N–H and O–H groups in total. The Morgan fingerprint density at radius 2 is 1.89 bits per heavy atom. The molecule has 0 saturated heterocycles. The smallest absolute Gasteiger partial charge is 0.337 e. The fraction of sp³-hybridized carbons (Fsp3) is 0.182. The molecule has 0 fully saturated rings. The van der Waals surface area contributed by atoms with Crippen LogP contribution in [0.15, 0.2) is 59.0 Å². The number of hydrogen-bond acceptors (Lipinski definition) is 4. The quantitative estimate of drug-likeness (QED) is 0.626. The Balaban J connectivity index is 1.59. The Morgan fingerprint density at radius 3 is 2.61 bits per heavy atom. The predicted octanol–water partition coefficient (Wildman–Crippen LogP) is 4.75. The summed E-state index contributed by atoms with van der Waals surface area (Å²) in [6.45, 7) is 1.80. The highest BCUT2D eigenvalue weighted by Gasteiger charge is 2.12. The third-order valence-electron chi connectivity index (χ3n) is 4.32. The molecule has 3 rings (SSSR count). The molecule has 0 atom stereocenters. The number of furan rings is 1. The molecule has 28 heavy (non-hydrogen) atoms. The van der Waals surface area contributed by atoms with Crippen molar-refractivity contribution in [3.8, 4) is 11.3 Å². The molecular weight excluding hydrogens is 361 g/mol. The second-order valence-electron chi connectivity index (χ2n) is 6.32. The first kappa shape index (κ1) is 19.4. The van der Waals surface area contributed by atoms with Gasteiger partial charge in [-0.1, -0.05) is 12.1 Å². The van der Waals surface area contributed by atoms with Crippen LogP contribution in [0, 0.1) is 12.7 Å². The number of hydrogen-bond donors (Lipinski definition) is 1. The summed E-state index contributed by atoms with van der Waals surface area (Å²) in [6.07, 6.45) is 0.599. The average Bonchev–Trinajstić information content (AvgIpc) is 3.16. The second-order valence-corrected chi connectivity index (χ2v) is 6.32. The van der Waals surface area contributed by atoms with E-state index in [4.69, 9.17) is 4.42 Å². The fourth-order valence-electron chi connectivity index (χ4n) is 2.82. The minimum atomic E-state index is -0.426. The van der Waals surface area contributed by atoms with E-state index in [-0.39, 0.29) is 18.1 Å². The molecule has 5 nitrogen and oxygen atoms in total. The lowest BCUT2D eigenvalue weighted by Crippen LogP contribution is -2.13. The molecule has 0 aliphatic carbocycles. The summed E-state index contributed by atoms with van der Waals surface area (Å²) in [5, 5.41) is 2.82. The number of carbonyl (C=O) groups excluding carboxylic acids is 2. The maximum Gasteiger partial charge on any atom is 0.337 e. The number of rotatable bonds is 6. The summed E-state index contributed by atoms with van der Waals surface area (Å²) in [4.78, 5) is 23.8. The summed E-state index contributed by atoms with van der Waals surface area (Å²) in [6, 6.07) is 14.7. The molecule has 0 unspecified atom stereocenters. The summed E-state index contributed by atoms with van der Waals surface area (Å²) < 4.78 is 24.2. The molecule has 2 aromatic carbocycles. The van der Waals surface area contributed by atoms with Gasteiger partial charge in [-0.25, -0.2) is 9.18 Å². The molecule has 3 aromatic rings. The summed E-state index contributed by atoms with van der Waals surface area (Å²) in [5.74, 6) is 0.0724. The molecule has 0 spiro atoms. The third-order valence-corrected chi connectivity index (χ3v) is 4.32. The van der Waals surface area contributed by atoms with E-state index in [1.807, 2.05) is 0 Å². The zero-order valence-corrected chi connectivity index (χ0v) is 15.6. The Labute approximate surface area is 162 Å². The van der Waals surface area contributed by atoms with Gasteiger partial charge in [-0.05, 0) is 55.0 Å². The van der Waals surface area contributed by atoms with Gasteiger partial charge < -0.3 is 14.5 Å². The van der Waals surface area contributed by atoms with Crippen LogP contribution in [0.3, 0.4) is 0 Å². The van der Waals surface area contributed by atoms with Crippen LogP contribution in [-0.4, -0.2) is 19.0 Å². The molecule has 6 heteroatoms. The molecule has 0 radical (unpaired) electrons. The van der Waals surface area contributed by atoms with Gasteiger partial charge in [-0.3, -0.25) is 4.79 Å². The number of esters is 1. The highest BCUT2D eigenvalue weighted by molar-refractivity contribution is 5.94. The normalized spacial score (nSPS) is 10.5. The number of nitrogens with one attached hydrogen (secondary N) is 1. The standard InChI is InChI=1S/C22H20FNO4/c1-14-13-15(22(26)27-2)7-10-19(14)24-21(25)12-9-16-8-11-20(28-16)17-5-3-4-6-18(17)23/h3-8,10-11,13H,9,12H2,1-2H3,(H,24,25). The first-order valence-electron chi connectivity index (χ1n) is 8.80. The Morgan fingerprint density at radius 1 is 1.11 bits per heavy atom. The molecule has 1 aromatic heterocycles. The van der Waals surface area contributed by atoms with E-state index < -0.39 is 5.97 Å². The Bertz CT molecular complexity index is 1010. The number of benzene rings is 2. The van der Waals surface area contributed by atoms with Crippen LogP contribution in [0.2, 0.25) is 0 Å². The third kappa shape index (κ3) is 4.46. The van der Waals surface area contributed by atoms with Gasteiger partial charge in [0.25, 0.3) is 0 Å². The van der Waals surface area contributed by atoms with Crippen LogP contribution in [0.1, 0.15) is 28.1 Å². The molecule has 0 aliphatic heterocycles. The fourth-order valence-corrected chi connectivity index (χ4v) is 2.82. The number of anilines is 1. The summed E-state index contributed by atoms with van der Waals surface area (Å²) in [7, 11) is 1.32. The highest BCUT2D eigenvalue weighted by atomic mass is 19.1. The molecule has 0 bridgehead atoms. The monoisotopic (exact) mass is 381 g/mol. The molecule has 144 valence electrons. The first-order valence-corrected chi connectivity index (χ1v) is 8.80. The Kier molecular flexibility index (Phi) is 5.89. The van der Waals surface area contributed by atoms with E-state index in [9.17, 15) is 14.0 Å².